The van der Waals surface area contributed by atoms with Crippen molar-refractivity contribution in [3.8, 4) is 0 Å². The van der Waals surface area contributed by atoms with Crippen LogP contribution in [0.1, 0.15) is 34.1 Å². The first kappa shape index (κ1) is 13.7. The molecule has 86 valence electrons. The highest BCUT2D eigenvalue weighted by molar-refractivity contribution is 5.67. The first-order valence-corrected chi connectivity index (χ1v) is 4.98. The SMILES string of the molecule is C/C=C\[C@H](OC(C)=O)[C@@H](CC)OC(C)=O. The van der Waals surface area contributed by atoms with E-state index in [1.54, 1.807) is 12.2 Å². The average Bonchev–Trinajstić information content (AvgIpc) is 2.12. The summed E-state index contributed by atoms with van der Waals surface area (Å²) in [5.41, 5.74) is 0. The molecule has 4 nitrogen and oxygen atoms in total. The predicted molar refractivity (Wildman–Crippen MR) is 56.2 cm³/mol. The molecule has 0 fully saturated rings. The second-order valence-corrected chi connectivity index (χ2v) is 3.16. The van der Waals surface area contributed by atoms with Gasteiger partial charge in [-0.05, 0) is 19.4 Å². The molecular formula is C11H18O4. The lowest BCUT2D eigenvalue weighted by Crippen LogP contribution is -2.32. The number of carbonyl (C=O) groups is 2. The molecule has 0 spiro atoms. The van der Waals surface area contributed by atoms with Gasteiger partial charge < -0.3 is 9.47 Å². The van der Waals surface area contributed by atoms with Crippen LogP contribution in [0.3, 0.4) is 0 Å². The third-order valence-electron chi connectivity index (χ3n) is 1.77. The molecule has 0 heterocycles. The number of rotatable bonds is 5. The van der Waals surface area contributed by atoms with Gasteiger partial charge in [-0.25, -0.2) is 0 Å². The quantitative estimate of drug-likeness (QED) is 0.517. The molecule has 15 heavy (non-hydrogen) atoms. The summed E-state index contributed by atoms with van der Waals surface area (Å²) in [6.07, 6.45) is 3.16. The fourth-order valence-electron chi connectivity index (χ4n) is 1.22. The number of carbonyl (C=O) groups excluding carboxylic acids is 2. The van der Waals surface area contributed by atoms with Gasteiger partial charge in [0.15, 0.2) is 6.10 Å². The summed E-state index contributed by atoms with van der Waals surface area (Å²) in [4.78, 5) is 21.7. The molecule has 0 unspecified atom stereocenters. The topological polar surface area (TPSA) is 52.6 Å². The van der Waals surface area contributed by atoms with Crippen LogP contribution in [0.4, 0.5) is 0 Å². The molecular weight excluding hydrogens is 196 g/mol. The smallest absolute Gasteiger partial charge is 0.303 e. The number of hydrogen-bond donors (Lipinski definition) is 0. The summed E-state index contributed by atoms with van der Waals surface area (Å²) in [5, 5.41) is 0. The van der Waals surface area contributed by atoms with Crippen LogP contribution < -0.4 is 0 Å². The Kier molecular flexibility index (Phi) is 6.42. The van der Waals surface area contributed by atoms with Crippen molar-refractivity contribution in [1.82, 2.24) is 0 Å². The van der Waals surface area contributed by atoms with Crippen molar-refractivity contribution in [2.24, 2.45) is 0 Å². The Morgan fingerprint density at radius 1 is 1.20 bits per heavy atom. The van der Waals surface area contributed by atoms with Gasteiger partial charge in [0.1, 0.15) is 6.10 Å². The molecule has 0 bridgehead atoms. The van der Waals surface area contributed by atoms with Crippen molar-refractivity contribution >= 4 is 11.9 Å². The van der Waals surface area contributed by atoms with Gasteiger partial charge >= 0.3 is 11.9 Å². The standard InChI is InChI=1S/C11H18O4/c1-5-7-11(15-9(4)13)10(6-2)14-8(3)12/h5,7,10-11H,6H2,1-4H3/b7-5-/t10-,11+/m1/s1. The second-order valence-electron chi connectivity index (χ2n) is 3.16. The second kappa shape index (κ2) is 7.04. The van der Waals surface area contributed by atoms with E-state index < -0.39 is 12.2 Å². The maximum Gasteiger partial charge on any atom is 0.303 e. The molecule has 0 saturated carbocycles. The molecule has 0 amide bonds. The third-order valence-corrected chi connectivity index (χ3v) is 1.77. The zero-order chi connectivity index (χ0) is 11.8. The fraction of sp³-hybridized carbons (Fsp3) is 0.636. The minimum Gasteiger partial charge on any atom is -0.458 e. The van der Waals surface area contributed by atoms with Gasteiger partial charge in [-0.3, -0.25) is 9.59 Å². The normalized spacial score (nSPS) is 14.7. The van der Waals surface area contributed by atoms with Crippen LogP contribution in [0.5, 0.6) is 0 Å². The minimum atomic E-state index is -0.499. The molecule has 0 aromatic carbocycles. The molecule has 0 N–H and O–H groups in total. The van der Waals surface area contributed by atoms with Crippen LogP contribution >= 0.6 is 0 Å². The van der Waals surface area contributed by atoms with E-state index in [9.17, 15) is 9.59 Å². The highest BCUT2D eigenvalue weighted by Crippen LogP contribution is 2.11. The molecule has 2 atom stereocenters. The number of esters is 2. The van der Waals surface area contributed by atoms with Crippen molar-refractivity contribution in [2.45, 2.75) is 46.3 Å². The van der Waals surface area contributed by atoms with Gasteiger partial charge in [0.25, 0.3) is 0 Å². The zero-order valence-electron chi connectivity index (χ0n) is 9.65. The lowest BCUT2D eigenvalue weighted by atomic mass is 10.1. The molecule has 0 saturated heterocycles. The Hall–Kier alpha value is -1.32. The molecule has 0 aromatic heterocycles. The Balaban J connectivity index is 4.53. The third kappa shape index (κ3) is 5.88. The Bertz CT molecular complexity index is 245. The summed E-state index contributed by atoms with van der Waals surface area (Å²) in [6.45, 7) is 6.35. The summed E-state index contributed by atoms with van der Waals surface area (Å²) < 4.78 is 10.1. The van der Waals surface area contributed by atoms with E-state index in [4.69, 9.17) is 9.47 Å². The summed E-state index contributed by atoms with van der Waals surface area (Å²) in [5.74, 6) is -0.757. The lowest BCUT2D eigenvalue weighted by molar-refractivity contribution is -0.161. The summed E-state index contributed by atoms with van der Waals surface area (Å²) >= 11 is 0. The molecule has 4 heteroatoms. The average molecular weight is 214 g/mol. The monoisotopic (exact) mass is 214 g/mol. The van der Waals surface area contributed by atoms with E-state index in [1.165, 1.54) is 13.8 Å². The van der Waals surface area contributed by atoms with E-state index in [2.05, 4.69) is 0 Å². The van der Waals surface area contributed by atoms with Crippen LogP contribution in [0.15, 0.2) is 12.2 Å². The molecule has 0 rings (SSSR count). The zero-order valence-corrected chi connectivity index (χ0v) is 9.65. The first-order valence-electron chi connectivity index (χ1n) is 4.98. The minimum absolute atomic E-state index is 0.372. The number of ether oxygens (including phenoxy) is 2. The predicted octanol–water partition coefficient (Wildman–Crippen LogP) is 1.84. The van der Waals surface area contributed by atoms with Crippen LogP contribution in [-0.2, 0) is 19.1 Å². The highest BCUT2D eigenvalue weighted by Gasteiger charge is 2.22. The first-order chi connectivity index (χ1) is 7.01. The van der Waals surface area contributed by atoms with E-state index in [1.807, 2.05) is 13.8 Å². The van der Waals surface area contributed by atoms with E-state index in [0.717, 1.165) is 0 Å². The maximum atomic E-state index is 10.8. The van der Waals surface area contributed by atoms with E-state index in [-0.39, 0.29) is 11.9 Å². The van der Waals surface area contributed by atoms with Gasteiger partial charge in [0, 0.05) is 13.8 Å². The van der Waals surface area contributed by atoms with Crippen LogP contribution in [0.2, 0.25) is 0 Å². The van der Waals surface area contributed by atoms with Crippen molar-refractivity contribution in [2.75, 3.05) is 0 Å². The van der Waals surface area contributed by atoms with Gasteiger partial charge in [-0.2, -0.15) is 0 Å². The van der Waals surface area contributed by atoms with Crippen LogP contribution in [0, 0.1) is 0 Å². The number of hydrogen-bond acceptors (Lipinski definition) is 4. The Morgan fingerprint density at radius 3 is 2.07 bits per heavy atom. The molecule has 0 aliphatic rings. The maximum absolute atomic E-state index is 10.8. The molecule has 0 radical (unpaired) electrons. The largest absolute Gasteiger partial charge is 0.458 e. The number of allylic oxidation sites excluding steroid dienone is 1. The summed E-state index contributed by atoms with van der Waals surface area (Å²) in [7, 11) is 0. The van der Waals surface area contributed by atoms with Crippen molar-refractivity contribution < 1.29 is 19.1 Å². The molecule has 0 aromatic rings. The van der Waals surface area contributed by atoms with Crippen LogP contribution in [-0.4, -0.2) is 24.1 Å². The van der Waals surface area contributed by atoms with E-state index in [0.29, 0.717) is 6.42 Å². The Labute approximate surface area is 90.2 Å². The highest BCUT2D eigenvalue weighted by atomic mass is 16.6. The molecule has 0 aliphatic carbocycles. The van der Waals surface area contributed by atoms with Gasteiger partial charge in [0.2, 0.25) is 0 Å². The van der Waals surface area contributed by atoms with Gasteiger partial charge in [-0.15, -0.1) is 0 Å². The fourth-order valence-corrected chi connectivity index (χ4v) is 1.22. The Morgan fingerprint density at radius 2 is 1.73 bits per heavy atom. The summed E-state index contributed by atoms with van der Waals surface area (Å²) in [6, 6.07) is 0. The van der Waals surface area contributed by atoms with E-state index >= 15 is 0 Å². The van der Waals surface area contributed by atoms with Crippen molar-refractivity contribution in [1.29, 1.82) is 0 Å². The van der Waals surface area contributed by atoms with Crippen LogP contribution in [0.25, 0.3) is 0 Å². The molecule has 0 aliphatic heterocycles. The van der Waals surface area contributed by atoms with Crippen molar-refractivity contribution in [3.63, 3.8) is 0 Å². The van der Waals surface area contributed by atoms with Gasteiger partial charge in [0.05, 0.1) is 0 Å². The van der Waals surface area contributed by atoms with Gasteiger partial charge in [-0.1, -0.05) is 13.0 Å². The lowest BCUT2D eigenvalue weighted by Gasteiger charge is -2.22. The van der Waals surface area contributed by atoms with Crippen molar-refractivity contribution in [3.05, 3.63) is 12.2 Å².